The van der Waals surface area contributed by atoms with E-state index in [9.17, 15) is 0 Å². The molecular formula is C15H15BrO. The first-order chi connectivity index (χ1) is 8.16. The second kappa shape index (κ2) is 5.37. The van der Waals surface area contributed by atoms with E-state index < -0.39 is 0 Å². The molecule has 1 nitrogen and oxygen atoms in total. The van der Waals surface area contributed by atoms with Crippen LogP contribution in [0.1, 0.15) is 16.7 Å². The lowest BCUT2D eigenvalue weighted by molar-refractivity contribution is 0.303. The van der Waals surface area contributed by atoms with Crippen LogP contribution in [-0.2, 0) is 6.61 Å². The van der Waals surface area contributed by atoms with Gasteiger partial charge in [-0.05, 0) is 58.6 Å². The van der Waals surface area contributed by atoms with Gasteiger partial charge in [-0.25, -0.2) is 0 Å². The predicted molar refractivity (Wildman–Crippen MR) is 74.4 cm³/mol. The predicted octanol–water partition coefficient (Wildman–Crippen LogP) is 4.64. The van der Waals surface area contributed by atoms with E-state index in [-0.39, 0.29) is 0 Å². The van der Waals surface area contributed by atoms with E-state index in [0.717, 1.165) is 10.2 Å². The van der Waals surface area contributed by atoms with Crippen molar-refractivity contribution in [3.05, 3.63) is 63.6 Å². The molecule has 0 saturated carbocycles. The Labute approximate surface area is 111 Å². The van der Waals surface area contributed by atoms with Crippen molar-refractivity contribution in [1.82, 2.24) is 0 Å². The standard InChI is InChI=1S/C15H15BrO/c1-11-7-8-15(14(16)9-11)17-10-13-6-4-3-5-12(13)2/h3-9H,10H2,1-2H3. The van der Waals surface area contributed by atoms with Crippen LogP contribution in [0.25, 0.3) is 0 Å². The number of aryl methyl sites for hydroxylation is 2. The normalized spacial score (nSPS) is 10.3. The number of hydrogen-bond donors (Lipinski definition) is 0. The van der Waals surface area contributed by atoms with Crippen LogP contribution in [-0.4, -0.2) is 0 Å². The lowest BCUT2D eigenvalue weighted by Crippen LogP contribution is -1.98. The average molecular weight is 291 g/mol. The molecule has 0 aliphatic rings. The Morgan fingerprint density at radius 3 is 2.53 bits per heavy atom. The molecule has 0 aromatic heterocycles. The number of hydrogen-bond acceptors (Lipinski definition) is 1. The van der Waals surface area contributed by atoms with Crippen molar-refractivity contribution in [2.45, 2.75) is 20.5 Å². The SMILES string of the molecule is Cc1ccc(OCc2ccccc2C)c(Br)c1. The van der Waals surface area contributed by atoms with Crippen LogP contribution in [0.2, 0.25) is 0 Å². The van der Waals surface area contributed by atoms with Crippen LogP contribution in [0.3, 0.4) is 0 Å². The highest BCUT2D eigenvalue weighted by atomic mass is 79.9. The monoisotopic (exact) mass is 290 g/mol. The van der Waals surface area contributed by atoms with Gasteiger partial charge in [-0.3, -0.25) is 0 Å². The highest BCUT2D eigenvalue weighted by Crippen LogP contribution is 2.26. The molecule has 0 aliphatic carbocycles. The zero-order valence-electron chi connectivity index (χ0n) is 10.0. The maximum Gasteiger partial charge on any atom is 0.134 e. The summed E-state index contributed by atoms with van der Waals surface area (Å²) in [5.41, 5.74) is 3.70. The molecule has 0 heterocycles. The number of rotatable bonds is 3. The van der Waals surface area contributed by atoms with Gasteiger partial charge in [0.2, 0.25) is 0 Å². The lowest BCUT2D eigenvalue weighted by Gasteiger charge is -2.10. The van der Waals surface area contributed by atoms with E-state index in [2.05, 4.69) is 54.0 Å². The first-order valence-corrected chi connectivity index (χ1v) is 6.39. The topological polar surface area (TPSA) is 9.23 Å². The molecule has 0 bridgehead atoms. The lowest BCUT2D eigenvalue weighted by atomic mass is 10.1. The zero-order chi connectivity index (χ0) is 12.3. The summed E-state index contributed by atoms with van der Waals surface area (Å²) in [6.07, 6.45) is 0. The van der Waals surface area contributed by atoms with E-state index in [1.165, 1.54) is 16.7 Å². The maximum absolute atomic E-state index is 5.81. The average Bonchev–Trinajstić information content (AvgIpc) is 2.30. The summed E-state index contributed by atoms with van der Waals surface area (Å²) in [5, 5.41) is 0. The Bertz CT molecular complexity index is 520. The molecular weight excluding hydrogens is 276 g/mol. The Balaban J connectivity index is 2.10. The Kier molecular flexibility index (Phi) is 3.85. The van der Waals surface area contributed by atoms with Gasteiger partial charge in [-0.2, -0.15) is 0 Å². The number of benzene rings is 2. The van der Waals surface area contributed by atoms with Crippen molar-refractivity contribution in [3.8, 4) is 5.75 Å². The molecule has 88 valence electrons. The highest BCUT2D eigenvalue weighted by Gasteiger charge is 2.02. The van der Waals surface area contributed by atoms with Crippen LogP contribution in [0.4, 0.5) is 0 Å². The van der Waals surface area contributed by atoms with Crippen molar-refractivity contribution >= 4 is 15.9 Å². The number of ether oxygens (including phenoxy) is 1. The Morgan fingerprint density at radius 2 is 1.82 bits per heavy atom. The second-order valence-corrected chi connectivity index (χ2v) is 5.00. The van der Waals surface area contributed by atoms with Crippen molar-refractivity contribution in [2.75, 3.05) is 0 Å². The van der Waals surface area contributed by atoms with Crippen molar-refractivity contribution in [1.29, 1.82) is 0 Å². The first kappa shape index (κ1) is 12.2. The Morgan fingerprint density at radius 1 is 1.06 bits per heavy atom. The summed E-state index contributed by atoms with van der Waals surface area (Å²) in [5.74, 6) is 0.888. The molecule has 2 heteroatoms. The minimum Gasteiger partial charge on any atom is -0.488 e. The molecule has 0 atom stereocenters. The molecule has 2 aromatic rings. The summed E-state index contributed by atoms with van der Waals surface area (Å²) in [4.78, 5) is 0. The van der Waals surface area contributed by atoms with E-state index >= 15 is 0 Å². The molecule has 0 N–H and O–H groups in total. The van der Waals surface area contributed by atoms with Crippen LogP contribution in [0.15, 0.2) is 46.9 Å². The van der Waals surface area contributed by atoms with Crippen LogP contribution in [0, 0.1) is 13.8 Å². The van der Waals surface area contributed by atoms with Gasteiger partial charge in [-0.15, -0.1) is 0 Å². The fourth-order valence-electron chi connectivity index (χ4n) is 1.65. The number of halogens is 1. The second-order valence-electron chi connectivity index (χ2n) is 4.15. The van der Waals surface area contributed by atoms with Gasteiger partial charge >= 0.3 is 0 Å². The third kappa shape index (κ3) is 3.10. The van der Waals surface area contributed by atoms with Gasteiger partial charge in [0.15, 0.2) is 0 Å². The van der Waals surface area contributed by atoms with Gasteiger partial charge in [0, 0.05) is 0 Å². The maximum atomic E-state index is 5.81. The van der Waals surface area contributed by atoms with Gasteiger partial charge < -0.3 is 4.74 Å². The quantitative estimate of drug-likeness (QED) is 0.800. The molecule has 2 aromatic carbocycles. The summed E-state index contributed by atoms with van der Waals surface area (Å²) in [7, 11) is 0. The summed E-state index contributed by atoms with van der Waals surface area (Å²) >= 11 is 3.51. The van der Waals surface area contributed by atoms with E-state index in [0.29, 0.717) is 6.61 Å². The van der Waals surface area contributed by atoms with E-state index in [1.54, 1.807) is 0 Å². The molecule has 0 spiro atoms. The summed E-state index contributed by atoms with van der Waals surface area (Å²) < 4.78 is 6.82. The minimum absolute atomic E-state index is 0.605. The van der Waals surface area contributed by atoms with Crippen LogP contribution >= 0.6 is 15.9 Å². The fourth-order valence-corrected chi connectivity index (χ4v) is 2.26. The van der Waals surface area contributed by atoms with E-state index in [4.69, 9.17) is 4.74 Å². The summed E-state index contributed by atoms with van der Waals surface area (Å²) in [6, 6.07) is 14.4. The molecule has 0 saturated heterocycles. The van der Waals surface area contributed by atoms with Gasteiger partial charge in [0.25, 0.3) is 0 Å². The molecule has 0 radical (unpaired) electrons. The largest absolute Gasteiger partial charge is 0.488 e. The fraction of sp³-hybridized carbons (Fsp3) is 0.200. The Hall–Kier alpha value is -1.28. The van der Waals surface area contributed by atoms with Gasteiger partial charge in [0.05, 0.1) is 4.47 Å². The van der Waals surface area contributed by atoms with Crippen molar-refractivity contribution in [2.24, 2.45) is 0 Å². The third-order valence-corrected chi connectivity index (χ3v) is 3.35. The molecule has 17 heavy (non-hydrogen) atoms. The molecule has 0 fully saturated rings. The highest BCUT2D eigenvalue weighted by molar-refractivity contribution is 9.10. The minimum atomic E-state index is 0.605. The molecule has 2 rings (SSSR count). The van der Waals surface area contributed by atoms with Gasteiger partial charge in [-0.1, -0.05) is 30.3 Å². The first-order valence-electron chi connectivity index (χ1n) is 5.60. The van der Waals surface area contributed by atoms with Crippen molar-refractivity contribution < 1.29 is 4.74 Å². The van der Waals surface area contributed by atoms with Crippen LogP contribution < -0.4 is 4.74 Å². The summed E-state index contributed by atoms with van der Waals surface area (Å²) in [6.45, 7) is 4.77. The van der Waals surface area contributed by atoms with Crippen LogP contribution in [0.5, 0.6) is 5.75 Å². The molecule has 0 aliphatic heterocycles. The van der Waals surface area contributed by atoms with Gasteiger partial charge in [0.1, 0.15) is 12.4 Å². The third-order valence-electron chi connectivity index (χ3n) is 2.73. The van der Waals surface area contributed by atoms with Crippen molar-refractivity contribution in [3.63, 3.8) is 0 Å². The van der Waals surface area contributed by atoms with E-state index in [1.807, 2.05) is 18.2 Å². The smallest absolute Gasteiger partial charge is 0.134 e. The molecule has 0 unspecified atom stereocenters. The molecule has 0 amide bonds. The zero-order valence-corrected chi connectivity index (χ0v) is 11.6.